The van der Waals surface area contributed by atoms with Gasteiger partial charge < -0.3 is 18.9 Å². The van der Waals surface area contributed by atoms with Crippen molar-refractivity contribution in [1.82, 2.24) is 9.47 Å². The van der Waals surface area contributed by atoms with Crippen LogP contribution in [0, 0.1) is 0 Å². The van der Waals surface area contributed by atoms with E-state index in [4.69, 9.17) is 14.5 Å². The first-order valence-corrected chi connectivity index (χ1v) is 10.1. The lowest BCUT2D eigenvalue weighted by atomic mass is 10.2. The van der Waals surface area contributed by atoms with Gasteiger partial charge in [0.1, 0.15) is 11.5 Å². The molecule has 148 valence electrons. The molecule has 28 heavy (non-hydrogen) atoms. The largest absolute Gasteiger partial charge is 0.497 e. The summed E-state index contributed by atoms with van der Waals surface area (Å²) in [6.45, 7) is 1.94. The number of hydrogen-bond acceptors (Lipinski definition) is 5. The first-order chi connectivity index (χ1) is 13.6. The highest BCUT2D eigenvalue weighted by atomic mass is 32.1. The van der Waals surface area contributed by atoms with E-state index in [-0.39, 0.29) is 0 Å². The van der Waals surface area contributed by atoms with Crippen molar-refractivity contribution in [2.45, 2.75) is 13.0 Å². The second-order valence-electron chi connectivity index (χ2n) is 6.76. The topological polar surface area (TPSA) is 39.0 Å². The number of rotatable bonds is 8. The predicted octanol–water partition coefficient (Wildman–Crippen LogP) is 4.42. The van der Waals surface area contributed by atoms with Gasteiger partial charge in [0.15, 0.2) is 4.80 Å². The molecular formula is C22H27N3O2S. The molecule has 0 aliphatic carbocycles. The van der Waals surface area contributed by atoms with E-state index in [1.807, 2.05) is 24.3 Å². The van der Waals surface area contributed by atoms with Crippen LogP contribution in [-0.2, 0) is 6.54 Å². The van der Waals surface area contributed by atoms with Gasteiger partial charge in [-0.15, -0.1) is 11.3 Å². The van der Waals surface area contributed by atoms with Gasteiger partial charge in [0, 0.05) is 30.1 Å². The summed E-state index contributed by atoms with van der Waals surface area (Å²) < 4.78 is 13.1. The van der Waals surface area contributed by atoms with Gasteiger partial charge in [-0.1, -0.05) is 30.3 Å². The summed E-state index contributed by atoms with van der Waals surface area (Å²) in [4.78, 5) is 8.08. The van der Waals surface area contributed by atoms with E-state index in [9.17, 15) is 0 Å². The van der Waals surface area contributed by atoms with Crippen molar-refractivity contribution in [1.29, 1.82) is 0 Å². The van der Waals surface area contributed by atoms with Crippen LogP contribution in [-0.4, -0.2) is 44.3 Å². The summed E-state index contributed by atoms with van der Waals surface area (Å²) in [7, 11) is 7.51. The van der Waals surface area contributed by atoms with Crippen LogP contribution in [0.4, 0.5) is 5.69 Å². The normalized spacial score (nSPS) is 11.8. The number of methoxy groups -OCH3 is 2. The van der Waals surface area contributed by atoms with Crippen LogP contribution in [0.25, 0.3) is 11.3 Å². The maximum Gasteiger partial charge on any atom is 0.190 e. The lowest BCUT2D eigenvalue weighted by Crippen LogP contribution is -2.20. The average molecular weight is 398 g/mol. The van der Waals surface area contributed by atoms with Gasteiger partial charge in [-0.05, 0) is 32.6 Å². The molecular weight excluding hydrogens is 370 g/mol. The molecule has 0 spiro atoms. The van der Waals surface area contributed by atoms with Gasteiger partial charge in [-0.25, -0.2) is 4.99 Å². The Morgan fingerprint density at radius 3 is 2.29 bits per heavy atom. The Hall–Kier alpha value is -2.57. The molecule has 0 unspecified atom stereocenters. The molecule has 0 atom stereocenters. The molecule has 0 bridgehead atoms. The van der Waals surface area contributed by atoms with E-state index in [1.54, 1.807) is 25.6 Å². The third-order valence-corrected chi connectivity index (χ3v) is 5.28. The first kappa shape index (κ1) is 20.2. The standard InChI is InChI=1S/C22H27N3O2S/c1-24(2)11-8-12-25-21(17-9-6-5-7-10-17)16-28-22(25)23-18-13-19(26-3)15-20(14-18)27-4/h5-7,9-10,13-16H,8,11-12H2,1-4H3. The van der Waals surface area contributed by atoms with Gasteiger partial charge in [-0.2, -0.15) is 0 Å². The minimum Gasteiger partial charge on any atom is -0.497 e. The van der Waals surface area contributed by atoms with E-state index in [2.05, 4.69) is 53.2 Å². The number of nitrogens with zero attached hydrogens (tertiary/aromatic N) is 3. The van der Waals surface area contributed by atoms with Crippen LogP contribution >= 0.6 is 11.3 Å². The predicted molar refractivity (Wildman–Crippen MR) is 116 cm³/mol. The minimum absolute atomic E-state index is 0.733. The smallest absolute Gasteiger partial charge is 0.190 e. The fourth-order valence-electron chi connectivity index (χ4n) is 2.99. The molecule has 0 aliphatic heterocycles. The minimum atomic E-state index is 0.733. The van der Waals surface area contributed by atoms with Crippen molar-refractivity contribution in [3.8, 4) is 22.8 Å². The Balaban J connectivity index is 2.05. The van der Waals surface area contributed by atoms with Crippen molar-refractivity contribution in [2.24, 2.45) is 4.99 Å². The summed E-state index contributed by atoms with van der Waals surface area (Å²) in [6, 6.07) is 16.2. The summed E-state index contributed by atoms with van der Waals surface area (Å²) in [5, 5.41) is 2.18. The van der Waals surface area contributed by atoms with E-state index in [0.29, 0.717) is 0 Å². The van der Waals surface area contributed by atoms with E-state index in [0.717, 1.165) is 41.5 Å². The number of aromatic nitrogens is 1. The lowest BCUT2D eigenvalue weighted by Gasteiger charge is -2.12. The van der Waals surface area contributed by atoms with E-state index >= 15 is 0 Å². The Labute approximate surface area is 170 Å². The number of ether oxygens (including phenoxy) is 2. The van der Waals surface area contributed by atoms with Crippen molar-refractivity contribution >= 4 is 17.0 Å². The molecule has 5 nitrogen and oxygen atoms in total. The lowest BCUT2D eigenvalue weighted by molar-refractivity contribution is 0.386. The monoisotopic (exact) mass is 397 g/mol. The molecule has 0 saturated carbocycles. The van der Waals surface area contributed by atoms with Crippen molar-refractivity contribution in [3.05, 3.63) is 58.7 Å². The van der Waals surface area contributed by atoms with E-state index in [1.165, 1.54) is 11.3 Å². The number of hydrogen-bond donors (Lipinski definition) is 0. The van der Waals surface area contributed by atoms with Gasteiger partial charge in [-0.3, -0.25) is 0 Å². The number of benzene rings is 2. The van der Waals surface area contributed by atoms with Crippen molar-refractivity contribution in [2.75, 3.05) is 34.9 Å². The fourth-order valence-corrected chi connectivity index (χ4v) is 3.94. The molecule has 3 aromatic rings. The van der Waals surface area contributed by atoms with Gasteiger partial charge in [0.2, 0.25) is 0 Å². The Morgan fingerprint density at radius 2 is 1.68 bits per heavy atom. The van der Waals surface area contributed by atoms with Gasteiger partial charge in [0.25, 0.3) is 0 Å². The Bertz CT molecular complexity index is 939. The van der Waals surface area contributed by atoms with Crippen molar-refractivity contribution in [3.63, 3.8) is 0 Å². The van der Waals surface area contributed by atoms with Crippen LogP contribution in [0.5, 0.6) is 11.5 Å². The van der Waals surface area contributed by atoms with Crippen LogP contribution in [0.1, 0.15) is 6.42 Å². The van der Waals surface area contributed by atoms with Crippen LogP contribution < -0.4 is 14.3 Å². The molecule has 0 aliphatic rings. The van der Waals surface area contributed by atoms with Gasteiger partial charge >= 0.3 is 0 Å². The zero-order chi connectivity index (χ0) is 19.9. The Kier molecular flexibility index (Phi) is 6.90. The first-order valence-electron chi connectivity index (χ1n) is 9.27. The molecule has 1 aromatic heterocycles. The second kappa shape index (κ2) is 9.57. The zero-order valence-corrected chi connectivity index (χ0v) is 17.7. The molecule has 6 heteroatoms. The maximum absolute atomic E-state index is 5.38. The summed E-state index contributed by atoms with van der Waals surface area (Å²) in [5.41, 5.74) is 3.21. The molecule has 3 rings (SSSR count). The third kappa shape index (κ3) is 5.03. The summed E-state index contributed by atoms with van der Waals surface area (Å²) in [5.74, 6) is 1.47. The molecule has 2 aromatic carbocycles. The quantitative estimate of drug-likeness (QED) is 0.565. The van der Waals surface area contributed by atoms with E-state index < -0.39 is 0 Å². The molecule has 1 heterocycles. The number of thiazole rings is 1. The Morgan fingerprint density at radius 1 is 1.00 bits per heavy atom. The molecule has 0 radical (unpaired) electrons. The highest BCUT2D eigenvalue weighted by molar-refractivity contribution is 7.07. The molecule has 0 N–H and O–H groups in total. The molecule has 0 saturated heterocycles. The second-order valence-corrected chi connectivity index (χ2v) is 7.60. The highest BCUT2D eigenvalue weighted by Gasteiger charge is 2.09. The third-order valence-electron chi connectivity index (χ3n) is 4.42. The SMILES string of the molecule is COc1cc(N=c2scc(-c3ccccc3)n2CCCN(C)C)cc(OC)c1. The average Bonchev–Trinajstić information content (AvgIpc) is 3.10. The highest BCUT2D eigenvalue weighted by Crippen LogP contribution is 2.28. The van der Waals surface area contributed by atoms with Crippen LogP contribution in [0.3, 0.4) is 0 Å². The molecule has 0 amide bonds. The zero-order valence-electron chi connectivity index (χ0n) is 16.9. The summed E-state index contributed by atoms with van der Waals surface area (Å²) >= 11 is 1.65. The maximum atomic E-state index is 5.38. The van der Waals surface area contributed by atoms with Crippen molar-refractivity contribution < 1.29 is 9.47 Å². The fraction of sp³-hybridized carbons (Fsp3) is 0.318. The van der Waals surface area contributed by atoms with Crippen LogP contribution in [0.2, 0.25) is 0 Å². The summed E-state index contributed by atoms with van der Waals surface area (Å²) in [6.07, 6.45) is 1.05. The molecule has 0 fully saturated rings. The van der Waals surface area contributed by atoms with Gasteiger partial charge in [0.05, 0.1) is 25.6 Å². The van der Waals surface area contributed by atoms with Crippen LogP contribution in [0.15, 0.2) is 58.9 Å².